The van der Waals surface area contributed by atoms with Crippen LogP contribution >= 0.6 is 0 Å². The van der Waals surface area contributed by atoms with E-state index in [4.69, 9.17) is 9.84 Å². The lowest BCUT2D eigenvalue weighted by molar-refractivity contribution is -0.385. The van der Waals surface area contributed by atoms with Crippen molar-refractivity contribution in [1.82, 2.24) is 0 Å². The van der Waals surface area contributed by atoms with E-state index >= 15 is 0 Å². The van der Waals surface area contributed by atoms with E-state index in [0.29, 0.717) is 18.7 Å². The summed E-state index contributed by atoms with van der Waals surface area (Å²) in [6, 6.07) is 3.46. The van der Waals surface area contributed by atoms with Crippen LogP contribution in [0.5, 0.6) is 5.75 Å². The molecule has 7 heteroatoms. The Morgan fingerprint density at radius 1 is 1.53 bits per heavy atom. The summed E-state index contributed by atoms with van der Waals surface area (Å²) < 4.78 is 5.19. The number of carboxylic acids is 1. The van der Waals surface area contributed by atoms with Crippen LogP contribution in [0.3, 0.4) is 0 Å². The third-order valence-electron chi connectivity index (χ3n) is 2.50. The van der Waals surface area contributed by atoms with Gasteiger partial charge in [0.1, 0.15) is 6.04 Å². The van der Waals surface area contributed by atoms with Crippen LogP contribution in [0.4, 0.5) is 11.4 Å². The number of rotatable bonds is 7. The Kier molecular flexibility index (Phi) is 5.11. The van der Waals surface area contributed by atoms with E-state index in [9.17, 15) is 14.9 Å². The van der Waals surface area contributed by atoms with Crippen molar-refractivity contribution in [2.24, 2.45) is 0 Å². The second-order valence-corrected chi connectivity index (χ2v) is 3.82. The minimum absolute atomic E-state index is 0.123. The highest BCUT2D eigenvalue weighted by Crippen LogP contribution is 2.30. The van der Waals surface area contributed by atoms with Gasteiger partial charge in [0.25, 0.3) is 0 Å². The number of nitrogens with zero attached hydrogens (tertiary/aromatic N) is 1. The van der Waals surface area contributed by atoms with E-state index in [-0.39, 0.29) is 11.4 Å². The van der Waals surface area contributed by atoms with Crippen LogP contribution in [0.25, 0.3) is 0 Å². The van der Waals surface area contributed by atoms with Gasteiger partial charge in [0.15, 0.2) is 5.75 Å². The third kappa shape index (κ3) is 3.84. The van der Waals surface area contributed by atoms with E-state index in [1.54, 1.807) is 13.8 Å². The zero-order valence-corrected chi connectivity index (χ0v) is 10.8. The molecule has 0 bridgehead atoms. The molecule has 1 atom stereocenters. The fourth-order valence-corrected chi connectivity index (χ4v) is 1.57. The van der Waals surface area contributed by atoms with Crippen molar-refractivity contribution in [2.45, 2.75) is 26.3 Å². The molecule has 104 valence electrons. The van der Waals surface area contributed by atoms with Crippen LogP contribution < -0.4 is 10.1 Å². The highest BCUT2D eigenvalue weighted by molar-refractivity contribution is 5.77. The largest absolute Gasteiger partial charge is 0.487 e. The standard InChI is InChI=1S/C12H16N2O5/c1-3-9(12(15)16)13-8-5-6-10(14(17)18)11(7-8)19-4-2/h5-7,9,13H,3-4H2,1-2H3,(H,15,16). The maximum atomic E-state index is 10.9. The topological polar surface area (TPSA) is 102 Å². The quantitative estimate of drug-likeness (QED) is 0.581. The van der Waals surface area contributed by atoms with Crippen LogP contribution in [0.1, 0.15) is 20.3 Å². The Morgan fingerprint density at radius 3 is 2.68 bits per heavy atom. The minimum atomic E-state index is -0.973. The average Bonchev–Trinajstić information content (AvgIpc) is 2.35. The Hall–Kier alpha value is -2.31. The van der Waals surface area contributed by atoms with Gasteiger partial charge in [-0.2, -0.15) is 0 Å². The van der Waals surface area contributed by atoms with Crippen molar-refractivity contribution in [1.29, 1.82) is 0 Å². The van der Waals surface area contributed by atoms with Crippen LogP contribution in [-0.2, 0) is 4.79 Å². The van der Waals surface area contributed by atoms with Gasteiger partial charge in [-0.3, -0.25) is 10.1 Å². The number of nitro benzene ring substituents is 1. The first-order valence-electron chi connectivity index (χ1n) is 5.90. The highest BCUT2D eigenvalue weighted by atomic mass is 16.6. The lowest BCUT2D eigenvalue weighted by Gasteiger charge is -2.14. The smallest absolute Gasteiger partial charge is 0.326 e. The normalized spacial score (nSPS) is 11.7. The molecule has 0 aromatic heterocycles. The number of ether oxygens (including phenoxy) is 1. The molecule has 0 saturated carbocycles. The number of nitro groups is 1. The number of anilines is 1. The van der Waals surface area contributed by atoms with Crippen molar-refractivity contribution in [3.8, 4) is 5.75 Å². The third-order valence-corrected chi connectivity index (χ3v) is 2.50. The fourth-order valence-electron chi connectivity index (χ4n) is 1.57. The summed E-state index contributed by atoms with van der Waals surface area (Å²) >= 11 is 0. The van der Waals surface area contributed by atoms with Crippen molar-refractivity contribution < 1.29 is 19.6 Å². The summed E-state index contributed by atoms with van der Waals surface area (Å²) in [7, 11) is 0. The van der Waals surface area contributed by atoms with Gasteiger partial charge in [0, 0.05) is 17.8 Å². The molecular formula is C12H16N2O5. The van der Waals surface area contributed by atoms with Crippen LogP contribution in [0.2, 0.25) is 0 Å². The molecular weight excluding hydrogens is 252 g/mol. The Balaban J connectivity index is 3.00. The van der Waals surface area contributed by atoms with Crippen molar-refractivity contribution in [3.63, 3.8) is 0 Å². The lowest BCUT2D eigenvalue weighted by atomic mass is 10.2. The molecule has 0 aliphatic heterocycles. The van der Waals surface area contributed by atoms with Gasteiger partial charge in [-0.15, -0.1) is 0 Å². The van der Waals surface area contributed by atoms with Crippen molar-refractivity contribution >= 4 is 17.3 Å². The molecule has 1 rings (SSSR count). The number of aliphatic carboxylic acids is 1. The second-order valence-electron chi connectivity index (χ2n) is 3.82. The summed E-state index contributed by atoms with van der Waals surface area (Å²) in [5.41, 5.74) is 0.332. The zero-order valence-electron chi connectivity index (χ0n) is 10.8. The van der Waals surface area contributed by atoms with E-state index in [2.05, 4.69) is 5.32 Å². The predicted octanol–water partition coefficient (Wildman–Crippen LogP) is 2.27. The zero-order chi connectivity index (χ0) is 14.4. The molecule has 0 radical (unpaired) electrons. The molecule has 0 saturated heterocycles. The average molecular weight is 268 g/mol. The van der Waals surface area contributed by atoms with Crippen LogP contribution in [0.15, 0.2) is 18.2 Å². The fraction of sp³-hybridized carbons (Fsp3) is 0.417. The predicted molar refractivity (Wildman–Crippen MR) is 69.6 cm³/mol. The summed E-state index contributed by atoms with van der Waals surface area (Å²) in [4.78, 5) is 21.2. The van der Waals surface area contributed by atoms with Gasteiger partial charge < -0.3 is 15.2 Å². The maximum absolute atomic E-state index is 10.9. The Bertz CT molecular complexity index is 475. The first kappa shape index (κ1) is 14.7. The first-order chi connectivity index (χ1) is 8.99. The summed E-state index contributed by atoms with van der Waals surface area (Å²) in [6.07, 6.45) is 0.399. The second kappa shape index (κ2) is 6.58. The van der Waals surface area contributed by atoms with Gasteiger partial charge in [-0.05, 0) is 19.4 Å². The maximum Gasteiger partial charge on any atom is 0.326 e. The number of hydrogen-bond acceptors (Lipinski definition) is 5. The van der Waals surface area contributed by atoms with Crippen LogP contribution in [-0.4, -0.2) is 28.6 Å². The molecule has 0 fully saturated rings. The first-order valence-corrected chi connectivity index (χ1v) is 5.90. The molecule has 0 spiro atoms. The Morgan fingerprint density at radius 2 is 2.21 bits per heavy atom. The molecule has 0 amide bonds. The highest BCUT2D eigenvalue weighted by Gasteiger charge is 2.18. The molecule has 1 aromatic carbocycles. The monoisotopic (exact) mass is 268 g/mol. The van der Waals surface area contributed by atoms with Gasteiger partial charge in [-0.25, -0.2) is 4.79 Å². The molecule has 0 aliphatic rings. The molecule has 2 N–H and O–H groups in total. The van der Waals surface area contributed by atoms with Gasteiger partial charge in [0.05, 0.1) is 11.5 Å². The number of carbonyl (C=O) groups is 1. The lowest BCUT2D eigenvalue weighted by Crippen LogP contribution is -2.28. The van der Waals surface area contributed by atoms with E-state index in [1.807, 2.05) is 0 Å². The SMILES string of the molecule is CCOc1cc(NC(CC)C(=O)O)ccc1[N+](=O)[O-]. The number of nitrogens with one attached hydrogen (secondary N) is 1. The molecule has 7 nitrogen and oxygen atoms in total. The minimum Gasteiger partial charge on any atom is -0.487 e. The van der Waals surface area contributed by atoms with Crippen molar-refractivity contribution in [2.75, 3.05) is 11.9 Å². The van der Waals surface area contributed by atoms with Crippen molar-refractivity contribution in [3.05, 3.63) is 28.3 Å². The van der Waals surface area contributed by atoms with E-state index in [0.717, 1.165) is 0 Å². The molecule has 1 unspecified atom stereocenters. The van der Waals surface area contributed by atoms with Crippen LogP contribution in [0, 0.1) is 10.1 Å². The van der Waals surface area contributed by atoms with E-state index in [1.165, 1.54) is 18.2 Å². The number of hydrogen-bond donors (Lipinski definition) is 2. The summed E-state index contributed by atoms with van der Waals surface area (Å²) in [6.45, 7) is 3.75. The molecule has 0 aliphatic carbocycles. The Labute approximate surface area is 110 Å². The van der Waals surface area contributed by atoms with Gasteiger partial charge in [0.2, 0.25) is 0 Å². The summed E-state index contributed by atoms with van der Waals surface area (Å²) in [5, 5.41) is 22.5. The number of benzene rings is 1. The molecule has 19 heavy (non-hydrogen) atoms. The summed E-state index contributed by atoms with van der Waals surface area (Å²) in [5.74, 6) is -0.850. The van der Waals surface area contributed by atoms with Gasteiger partial charge in [-0.1, -0.05) is 6.92 Å². The van der Waals surface area contributed by atoms with Gasteiger partial charge >= 0.3 is 11.7 Å². The number of carboxylic acid groups (broad SMARTS) is 1. The van der Waals surface area contributed by atoms with E-state index < -0.39 is 16.9 Å². The molecule has 0 heterocycles. The molecule has 1 aromatic rings.